The Bertz CT molecular complexity index is 335. The van der Waals surface area contributed by atoms with Crippen molar-refractivity contribution in [2.75, 3.05) is 5.75 Å². The van der Waals surface area contributed by atoms with Crippen LogP contribution in [0.5, 0.6) is 0 Å². The van der Waals surface area contributed by atoms with Crippen LogP contribution in [0, 0.1) is 0 Å². The van der Waals surface area contributed by atoms with E-state index in [1.807, 2.05) is 6.07 Å². The molecule has 2 N–H and O–H groups in total. The minimum absolute atomic E-state index is 0.377. The zero-order valence-electron chi connectivity index (χ0n) is 8.73. The van der Waals surface area contributed by atoms with Crippen LogP contribution < -0.4 is 5.73 Å². The molecule has 1 aromatic rings. The number of thioether (sulfide) groups is 1. The first-order valence-electron chi connectivity index (χ1n) is 5.34. The van der Waals surface area contributed by atoms with Gasteiger partial charge in [-0.15, -0.1) is 0 Å². The van der Waals surface area contributed by atoms with Crippen molar-refractivity contribution in [3.05, 3.63) is 35.9 Å². The molecule has 15 heavy (non-hydrogen) atoms. The Kier molecular flexibility index (Phi) is 3.67. The van der Waals surface area contributed by atoms with Gasteiger partial charge in [0.25, 0.3) is 0 Å². The molecule has 1 atom stereocenters. The minimum atomic E-state index is 0.377. The molecule has 0 saturated heterocycles. The Balaban J connectivity index is 2.02. The zero-order chi connectivity index (χ0) is 10.5. The number of rotatable bonds is 2. The van der Waals surface area contributed by atoms with Gasteiger partial charge in [-0.05, 0) is 24.8 Å². The van der Waals surface area contributed by atoms with Gasteiger partial charge < -0.3 is 5.73 Å². The second-order valence-electron chi connectivity index (χ2n) is 3.80. The third-order valence-electron chi connectivity index (χ3n) is 2.56. The van der Waals surface area contributed by atoms with Gasteiger partial charge in [-0.2, -0.15) is 0 Å². The fourth-order valence-electron chi connectivity index (χ4n) is 1.81. The van der Waals surface area contributed by atoms with Crippen LogP contribution in [0.1, 0.15) is 18.4 Å². The fraction of sp³-hybridized carbons (Fsp3) is 0.417. The average Bonchev–Trinajstić information content (AvgIpc) is 2.44. The lowest BCUT2D eigenvalue weighted by Gasteiger charge is -2.10. The van der Waals surface area contributed by atoms with Crippen LogP contribution >= 0.6 is 11.8 Å². The molecule has 1 aliphatic rings. The van der Waals surface area contributed by atoms with Gasteiger partial charge in [0.15, 0.2) is 5.17 Å². The first kappa shape index (κ1) is 10.6. The highest BCUT2D eigenvalue weighted by molar-refractivity contribution is 8.13. The standard InChI is InChI=1S/C12H16N2S/c13-12-14-11(7-4-8-15-12)9-10-5-2-1-3-6-10/h1-3,5-6,11H,4,7-9H2,(H2,13,14)/t11-/m1/s1. The Hall–Kier alpha value is -0.960. The highest BCUT2D eigenvalue weighted by atomic mass is 32.2. The van der Waals surface area contributed by atoms with Crippen molar-refractivity contribution in [1.82, 2.24) is 0 Å². The summed E-state index contributed by atoms with van der Waals surface area (Å²) in [6.07, 6.45) is 3.39. The van der Waals surface area contributed by atoms with Crippen molar-refractivity contribution in [2.24, 2.45) is 10.7 Å². The molecule has 0 aromatic heterocycles. The summed E-state index contributed by atoms with van der Waals surface area (Å²) in [5.41, 5.74) is 7.14. The fourth-order valence-corrected chi connectivity index (χ4v) is 2.56. The average molecular weight is 220 g/mol. The molecule has 0 spiro atoms. The normalized spacial score (nSPS) is 21.9. The van der Waals surface area contributed by atoms with E-state index in [2.05, 4.69) is 29.3 Å². The summed E-state index contributed by atoms with van der Waals surface area (Å²) in [5.74, 6) is 1.11. The third-order valence-corrected chi connectivity index (χ3v) is 3.45. The predicted molar refractivity (Wildman–Crippen MR) is 67.2 cm³/mol. The van der Waals surface area contributed by atoms with Crippen molar-refractivity contribution in [2.45, 2.75) is 25.3 Å². The SMILES string of the molecule is NC1=N[C@@H](Cc2ccccc2)CCCS1. The van der Waals surface area contributed by atoms with Gasteiger partial charge >= 0.3 is 0 Å². The van der Waals surface area contributed by atoms with Crippen molar-refractivity contribution >= 4 is 16.9 Å². The predicted octanol–water partition coefficient (Wildman–Crippen LogP) is 2.44. The molecule has 1 heterocycles. The number of benzene rings is 1. The van der Waals surface area contributed by atoms with Crippen molar-refractivity contribution in [3.8, 4) is 0 Å². The molecule has 3 heteroatoms. The van der Waals surface area contributed by atoms with Crippen LogP contribution in [0.2, 0.25) is 0 Å². The van der Waals surface area contributed by atoms with Crippen LogP contribution in [-0.4, -0.2) is 17.0 Å². The van der Waals surface area contributed by atoms with Crippen molar-refractivity contribution in [3.63, 3.8) is 0 Å². The third kappa shape index (κ3) is 3.27. The van der Waals surface area contributed by atoms with Crippen molar-refractivity contribution < 1.29 is 0 Å². The lowest BCUT2D eigenvalue weighted by molar-refractivity contribution is 0.610. The molecule has 0 saturated carbocycles. The molecule has 1 aromatic carbocycles. The monoisotopic (exact) mass is 220 g/mol. The van der Waals surface area contributed by atoms with Gasteiger partial charge in [-0.25, -0.2) is 0 Å². The number of amidine groups is 1. The minimum Gasteiger partial charge on any atom is -0.379 e. The number of hydrogen-bond donors (Lipinski definition) is 1. The molecule has 0 bridgehead atoms. The lowest BCUT2D eigenvalue weighted by atomic mass is 10.0. The maximum atomic E-state index is 5.79. The van der Waals surface area contributed by atoms with Gasteiger partial charge in [0.2, 0.25) is 0 Å². The summed E-state index contributed by atoms with van der Waals surface area (Å²) in [6, 6.07) is 10.9. The van der Waals surface area contributed by atoms with Crippen LogP contribution in [0.4, 0.5) is 0 Å². The summed E-state index contributed by atoms with van der Waals surface area (Å²) >= 11 is 1.68. The maximum absolute atomic E-state index is 5.79. The van der Waals surface area contributed by atoms with E-state index in [0.29, 0.717) is 6.04 Å². The molecular formula is C12H16N2S. The van der Waals surface area contributed by atoms with E-state index in [-0.39, 0.29) is 0 Å². The van der Waals surface area contributed by atoms with E-state index >= 15 is 0 Å². The molecule has 0 aliphatic carbocycles. The Labute approximate surface area is 95.0 Å². The molecule has 80 valence electrons. The molecule has 0 radical (unpaired) electrons. The Morgan fingerprint density at radius 2 is 2.13 bits per heavy atom. The van der Waals surface area contributed by atoms with E-state index in [0.717, 1.165) is 23.8 Å². The van der Waals surface area contributed by atoms with E-state index in [4.69, 9.17) is 5.73 Å². The van der Waals surface area contributed by atoms with E-state index in [9.17, 15) is 0 Å². The van der Waals surface area contributed by atoms with E-state index in [1.165, 1.54) is 12.0 Å². The van der Waals surface area contributed by atoms with E-state index < -0.39 is 0 Å². The van der Waals surface area contributed by atoms with Gasteiger partial charge in [-0.1, -0.05) is 42.1 Å². The van der Waals surface area contributed by atoms with Gasteiger partial charge in [0.1, 0.15) is 0 Å². The number of hydrogen-bond acceptors (Lipinski definition) is 3. The molecule has 1 aliphatic heterocycles. The molecule has 2 rings (SSSR count). The maximum Gasteiger partial charge on any atom is 0.154 e. The highest BCUT2D eigenvalue weighted by Crippen LogP contribution is 2.18. The summed E-state index contributed by atoms with van der Waals surface area (Å²) in [5, 5.41) is 0.758. The topological polar surface area (TPSA) is 38.4 Å². The summed E-state index contributed by atoms with van der Waals surface area (Å²) < 4.78 is 0. The molecule has 0 unspecified atom stereocenters. The van der Waals surface area contributed by atoms with Crippen LogP contribution in [0.25, 0.3) is 0 Å². The van der Waals surface area contributed by atoms with Gasteiger partial charge in [-0.3, -0.25) is 4.99 Å². The largest absolute Gasteiger partial charge is 0.379 e. The lowest BCUT2D eigenvalue weighted by Crippen LogP contribution is -2.13. The second kappa shape index (κ2) is 5.21. The Morgan fingerprint density at radius 1 is 1.33 bits per heavy atom. The molecule has 0 amide bonds. The van der Waals surface area contributed by atoms with Crippen molar-refractivity contribution in [1.29, 1.82) is 0 Å². The second-order valence-corrected chi connectivity index (χ2v) is 4.92. The summed E-state index contributed by atoms with van der Waals surface area (Å²) in [4.78, 5) is 4.53. The van der Waals surface area contributed by atoms with Crippen LogP contribution in [0.3, 0.4) is 0 Å². The molecular weight excluding hydrogens is 204 g/mol. The number of nitrogens with zero attached hydrogens (tertiary/aromatic N) is 1. The van der Waals surface area contributed by atoms with Gasteiger partial charge in [0, 0.05) is 5.75 Å². The molecule has 2 nitrogen and oxygen atoms in total. The number of aliphatic imine (C=N–C) groups is 1. The highest BCUT2D eigenvalue weighted by Gasteiger charge is 2.12. The van der Waals surface area contributed by atoms with E-state index in [1.54, 1.807) is 11.8 Å². The molecule has 0 fully saturated rings. The summed E-state index contributed by atoms with van der Waals surface area (Å²) in [6.45, 7) is 0. The quantitative estimate of drug-likeness (QED) is 0.831. The summed E-state index contributed by atoms with van der Waals surface area (Å²) in [7, 11) is 0. The van der Waals surface area contributed by atoms with Crippen LogP contribution in [0.15, 0.2) is 35.3 Å². The Morgan fingerprint density at radius 3 is 2.93 bits per heavy atom. The van der Waals surface area contributed by atoms with Crippen LogP contribution in [-0.2, 0) is 6.42 Å². The number of nitrogens with two attached hydrogens (primary N) is 1. The zero-order valence-corrected chi connectivity index (χ0v) is 9.54. The first-order chi connectivity index (χ1) is 7.34. The van der Waals surface area contributed by atoms with Gasteiger partial charge in [0.05, 0.1) is 6.04 Å². The smallest absolute Gasteiger partial charge is 0.154 e. The first-order valence-corrected chi connectivity index (χ1v) is 6.33.